The number of methoxy groups -OCH3 is 1. The van der Waals surface area contributed by atoms with E-state index in [4.69, 9.17) is 4.74 Å². The highest BCUT2D eigenvalue weighted by Gasteiger charge is 2.48. The van der Waals surface area contributed by atoms with Gasteiger partial charge in [-0.15, -0.1) is 0 Å². The molecule has 18 heavy (non-hydrogen) atoms. The van der Waals surface area contributed by atoms with E-state index in [0.717, 1.165) is 12.1 Å². The van der Waals surface area contributed by atoms with E-state index in [0.29, 0.717) is 4.47 Å². The molecule has 1 aliphatic rings. The van der Waals surface area contributed by atoms with Gasteiger partial charge in [0.25, 0.3) is 5.56 Å². The minimum Gasteiger partial charge on any atom is -0.381 e. The first-order valence-corrected chi connectivity index (χ1v) is 6.68. The number of nitrogens with zero attached hydrogens (tertiary/aromatic N) is 2. The highest BCUT2D eigenvalue weighted by Crippen LogP contribution is 2.44. The minimum absolute atomic E-state index is 0.0509. The van der Waals surface area contributed by atoms with Crippen LogP contribution in [0.3, 0.4) is 0 Å². The molecule has 0 radical (unpaired) electrons. The Hall–Kier alpha value is -0.880. The standard InChI is InChI=1S/C12H18BrN3O2/c1-12(2)8(5-9(12)18-4)15-7-6-14-16(3)11(17)10(7)13/h6,8-9,15H,5H2,1-4H3. The third-order valence-electron chi connectivity index (χ3n) is 3.87. The van der Waals surface area contributed by atoms with Crippen molar-refractivity contribution in [2.45, 2.75) is 32.4 Å². The number of aromatic nitrogens is 2. The topological polar surface area (TPSA) is 56.1 Å². The van der Waals surface area contributed by atoms with Gasteiger partial charge in [-0.3, -0.25) is 4.79 Å². The number of hydrogen-bond donors (Lipinski definition) is 1. The Labute approximate surface area is 115 Å². The van der Waals surface area contributed by atoms with Gasteiger partial charge in [-0.2, -0.15) is 5.10 Å². The van der Waals surface area contributed by atoms with Crippen LogP contribution in [-0.2, 0) is 11.8 Å². The smallest absolute Gasteiger partial charge is 0.282 e. The zero-order valence-corrected chi connectivity index (χ0v) is 12.6. The van der Waals surface area contributed by atoms with E-state index in [1.54, 1.807) is 20.4 Å². The van der Waals surface area contributed by atoms with E-state index in [1.807, 2.05) is 0 Å². The monoisotopic (exact) mass is 315 g/mol. The maximum Gasteiger partial charge on any atom is 0.282 e. The Bertz CT molecular complexity index is 513. The fourth-order valence-corrected chi connectivity index (χ4v) is 2.80. The zero-order chi connectivity index (χ0) is 13.5. The van der Waals surface area contributed by atoms with Crippen LogP contribution in [0.4, 0.5) is 5.69 Å². The molecule has 6 heteroatoms. The average molecular weight is 316 g/mol. The summed E-state index contributed by atoms with van der Waals surface area (Å²) in [6.45, 7) is 4.31. The van der Waals surface area contributed by atoms with E-state index in [9.17, 15) is 4.79 Å². The average Bonchev–Trinajstić information content (AvgIpc) is 2.33. The number of nitrogens with one attached hydrogen (secondary N) is 1. The summed E-state index contributed by atoms with van der Waals surface area (Å²) in [5.74, 6) is 0. The fourth-order valence-electron chi connectivity index (χ4n) is 2.33. The van der Waals surface area contributed by atoms with Crippen molar-refractivity contribution >= 4 is 21.6 Å². The second kappa shape index (κ2) is 4.66. The minimum atomic E-state index is -0.138. The molecule has 5 nitrogen and oxygen atoms in total. The van der Waals surface area contributed by atoms with Gasteiger partial charge in [0.15, 0.2) is 0 Å². The van der Waals surface area contributed by atoms with Crippen LogP contribution >= 0.6 is 15.9 Å². The lowest BCUT2D eigenvalue weighted by Gasteiger charge is -2.51. The molecule has 2 unspecified atom stereocenters. The van der Waals surface area contributed by atoms with Crippen molar-refractivity contribution in [3.8, 4) is 0 Å². The highest BCUT2D eigenvalue weighted by molar-refractivity contribution is 9.10. The number of ether oxygens (including phenoxy) is 1. The molecule has 1 aromatic heterocycles. The molecule has 2 rings (SSSR count). The molecule has 1 saturated carbocycles. The van der Waals surface area contributed by atoms with Crippen molar-refractivity contribution in [2.75, 3.05) is 12.4 Å². The van der Waals surface area contributed by atoms with Crippen LogP contribution in [-0.4, -0.2) is 29.0 Å². The maximum atomic E-state index is 11.7. The lowest BCUT2D eigenvalue weighted by atomic mass is 9.64. The Morgan fingerprint density at radius 3 is 2.83 bits per heavy atom. The molecule has 1 N–H and O–H groups in total. The Morgan fingerprint density at radius 1 is 1.61 bits per heavy atom. The van der Waals surface area contributed by atoms with Gasteiger partial charge in [-0.25, -0.2) is 4.68 Å². The van der Waals surface area contributed by atoms with Crippen LogP contribution in [0.5, 0.6) is 0 Å². The predicted octanol–water partition coefficient (Wildman–Crippen LogP) is 1.77. The third kappa shape index (κ3) is 2.07. The van der Waals surface area contributed by atoms with Gasteiger partial charge in [0, 0.05) is 25.6 Å². The molecule has 1 heterocycles. The molecule has 1 aromatic rings. The van der Waals surface area contributed by atoms with Crippen LogP contribution in [0.1, 0.15) is 20.3 Å². The Balaban J connectivity index is 2.17. The summed E-state index contributed by atoms with van der Waals surface area (Å²) in [5.41, 5.74) is 0.654. The van der Waals surface area contributed by atoms with Crippen molar-refractivity contribution in [3.05, 3.63) is 21.0 Å². The van der Waals surface area contributed by atoms with Crippen LogP contribution < -0.4 is 10.9 Å². The van der Waals surface area contributed by atoms with Crippen molar-refractivity contribution in [1.29, 1.82) is 0 Å². The summed E-state index contributed by atoms with van der Waals surface area (Å²) in [6.07, 6.45) is 2.86. The van der Waals surface area contributed by atoms with Gasteiger partial charge in [0.05, 0.1) is 18.0 Å². The lowest BCUT2D eigenvalue weighted by Crippen LogP contribution is -2.57. The number of anilines is 1. The van der Waals surface area contributed by atoms with E-state index in [-0.39, 0.29) is 23.1 Å². The first-order chi connectivity index (χ1) is 8.37. The van der Waals surface area contributed by atoms with Crippen molar-refractivity contribution in [3.63, 3.8) is 0 Å². The van der Waals surface area contributed by atoms with Crippen LogP contribution in [0.2, 0.25) is 0 Å². The molecular weight excluding hydrogens is 298 g/mol. The Kier molecular flexibility index (Phi) is 3.51. The quantitative estimate of drug-likeness (QED) is 0.923. The fraction of sp³-hybridized carbons (Fsp3) is 0.667. The number of aryl methyl sites for hydroxylation is 1. The molecule has 0 aromatic carbocycles. The number of halogens is 1. The first-order valence-electron chi connectivity index (χ1n) is 5.89. The van der Waals surface area contributed by atoms with Gasteiger partial charge in [0.1, 0.15) is 4.47 Å². The molecule has 1 aliphatic carbocycles. The predicted molar refractivity (Wildman–Crippen MR) is 73.8 cm³/mol. The van der Waals surface area contributed by atoms with E-state index in [1.165, 1.54) is 4.68 Å². The summed E-state index contributed by atoms with van der Waals surface area (Å²) >= 11 is 3.32. The van der Waals surface area contributed by atoms with E-state index in [2.05, 4.69) is 40.2 Å². The van der Waals surface area contributed by atoms with Crippen LogP contribution in [0.25, 0.3) is 0 Å². The van der Waals surface area contributed by atoms with Gasteiger partial charge < -0.3 is 10.1 Å². The second-order valence-electron chi connectivity index (χ2n) is 5.28. The van der Waals surface area contributed by atoms with Gasteiger partial charge in [-0.1, -0.05) is 13.8 Å². The summed E-state index contributed by atoms with van der Waals surface area (Å²) in [5, 5.41) is 7.38. The summed E-state index contributed by atoms with van der Waals surface area (Å²) < 4.78 is 7.24. The molecule has 0 bridgehead atoms. The molecular formula is C12H18BrN3O2. The molecule has 0 aliphatic heterocycles. The number of hydrogen-bond acceptors (Lipinski definition) is 4. The molecule has 0 amide bonds. The van der Waals surface area contributed by atoms with E-state index >= 15 is 0 Å². The van der Waals surface area contributed by atoms with Gasteiger partial charge in [0.2, 0.25) is 0 Å². The Morgan fingerprint density at radius 2 is 2.28 bits per heavy atom. The summed E-state index contributed by atoms with van der Waals surface area (Å²) in [7, 11) is 3.36. The first kappa shape index (κ1) is 13.5. The van der Waals surface area contributed by atoms with Crippen LogP contribution in [0.15, 0.2) is 15.5 Å². The molecule has 1 fully saturated rings. The normalized spacial score (nSPS) is 25.6. The summed E-state index contributed by atoms with van der Waals surface area (Å²) in [4.78, 5) is 11.7. The molecule has 0 spiro atoms. The molecule has 100 valence electrons. The molecule has 0 saturated heterocycles. The summed E-state index contributed by atoms with van der Waals surface area (Å²) in [6, 6.07) is 0.285. The zero-order valence-electron chi connectivity index (χ0n) is 11.0. The second-order valence-corrected chi connectivity index (χ2v) is 6.07. The maximum absolute atomic E-state index is 11.7. The largest absolute Gasteiger partial charge is 0.381 e. The van der Waals surface area contributed by atoms with Crippen molar-refractivity contribution < 1.29 is 4.74 Å². The van der Waals surface area contributed by atoms with Gasteiger partial charge in [-0.05, 0) is 22.4 Å². The molecule has 2 atom stereocenters. The van der Waals surface area contributed by atoms with Crippen molar-refractivity contribution in [1.82, 2.24) is 9.78 Å². The van der Waals surface area contributed by atoms with E-state index < -0.39 is 0 Å². The van der Waals surface area contributed by atoms with Crippen LogP contribution in [0, 0.1) is 5.41 Å². The third-order valence-corrected chi connectivity index (χ3v) is 4.64. The van der Waals surface area contributed by atoms with Crippen molar-refractivity contribution in [2.24, 2.45) is 12.5 Å². The highest BCUT2D eigenvalue weighted by atomic mass is 79.9. The lowest BCUT2D eigenvalue weighted by molar-refractivity contribution is -0.0794. The van der Waals surface area contributed by atoms with Gasteiger partial charge >= 0.3 is 0 Å². The number of rotatable bonds is 3. The SMILES string of the molecule is COC1CC(Nc2cnn(C)c(=O)c2Br)C1(C)C.